The molecular weight excluding hydrogens is 493 g/mol. The van der Waals surface area contributed by atoms with Crippen LogP contribution in [0.3, 0.4) is 0 Å². The molecule has 1 aromatic carbocycles. The second-order valence-electron chi connectivity index (χ2n) is 6.37. The van der Waals surface area contributed by atoms with Crippen LogP contribution in [-0.4, -0.2) is 60.2 Å². The minimum absolute atomic E-state index is 0. The van der Waals surface area contributed by atoms with Crippen molar-refractivity contribution < 1.29 is 13.5 Å². The van der Waals surface area contributed by atoms with Gasteiger partial charge in [-0.25, -0.2) is 9.98 Å². The molecule has 1 fully saturated rings. The molecule has 3 rings (SSSR count). The first-order chi connectivity index (χ1) is 13.6. The van der Waals surface area contributed by atoms with Crippen molar-refractivity contribution in [3.05, 3.63) is 42.5 Å². The summed E-state index contributed by atoms with van der Waals surface area (Å²) in [5, 5.41) is 3.25. The number of aliphatic imine (C=N–C) groups is 1. The lowest BCUT2D eigenvalue weighted by molar-refractivity contribution is 0.0671. The number of guanidine groups is 1. The molecule has 2 aromatic rings. The van der Waals surface area contributed by atoms with Gasteiger partial charge in [-0.1, -0.05) is 0 Å². The smallest absolute Gasteiger partial charge is 0.319 e. The highest BCUT2D eigenvalue weighted by atomic mass is 127. The number of alkyl halides is 2. The van der Waals surface area contributed by atoms with E-state index in [0.717, 1.165) is 48.1 Å². The lowest BCUT2D eigenvalue weighted by atomic mass is 10.2. The van der Waals surface area contributed by atoms with Crippen molar-refractivity contribution >= 4 is 35.6 Å². The Morgan fingerprint density at radius 1 is 1.21 bits per heavy atom. The standard InChI is InChI=1S/C19H26F2N6O.HI/c1-3-22-19(24-14-17-23-8-9-27(17)18(20)21)26-12-10-25(11-13-26)15-4-6-16(28-2)7-5-15;/h4-9,18H,3,10-14H2,1-2H3,(H,22,24);1H. The highest BCUT2D eigenvalue weighted by Crippen LogP contribution is 2.20. The number of ether oxygens (including phenoxy) is 1. The minimum atomic E-state index is -2.61. The molecule has 160 valence electrons. The van der Waals surface area contributed by atoms with Gasteiger partial charge in [-0.2, -0.15) is 8.78 Å². The largest absolute Gasteiger partial charge is 0.497 e. The highest BCUT2D eigenvalue weighted by Gasteiger charge is 2.20. The van der Waals surface area contributed by atoms with Crippen LogP contribution in [0.25, 0.3) is 0 Å². The summed E-state index contributed by atoms with van der Waals surface area (Å²) in [4.78, 5) is 13.0. The van der Waals surface area contributed by atoms with E-state index in [1.807, 2.05) is 19.1 Å². The van der Waals surface area contributed by atoms with Gasteiger partial charge in [0.25, 0.3) is 0 Å². The van der Waals surface area contributed by atoms with Gasteiger partial charge >= 0.3 is 6.55 Å². The summed E-state index contributed by atoms with van der Waals surface area (Å²) in [6, 6.07) is 8.02. The molecule has 0 spiro atoms. The number of piperazine rings is 1. The zero-order valence-electron chi connectivity index (χ0n) is 16.6. The van der Waals surface area contributed by atoms with Crippen LogP contribution in [0.15, 0.2) is 41.7 Å². The molecule has 0 unspecified atom stereocenters. The Bertz CT molecular complexity index is 775. The quantitative estimate of drug-likeness (QED) is 0.361. The van der Waals surface area contributed by atoms with Crippen molar-refractivity contribution in [2.75, 3.05) is 44.7 Å². The van der Waals surface area contributed by atoms with Gasteiger partial charge in [0.15, 0.2) is 5.96 Å². The molecule has 0 atom stereocenters. The molecule has 0 amide bonds. The first-order valence-electron chi connectivity index (χ1n) is 9.34. The number of anilines is 1. The molecule has 29 heavy (non-hydrogen) atoms. The number of methoxy groups -OCH3 is 1. The molecule has 1 aromatic heterocycles. The second kappa shape index (κ2) is 11.2. The van der Waals surface area contributed by atoms with E-state index < -0.39 is 6.55 Å². The van der Waals surface area contributed by atoms with E-state index in [-0.39, 0.29) is 36.3 Å². The first kappa shape index (κ1) is 23.2. The van der Waals surface area contributed by atoms with E-state index in [1.54, 1.807) is 7.11 Å². The van der Waals surface area contributed by atoms with Gasteiger partial charge in [0.2, 0.25) is 0 Å². The molecule has 7 nitrogen and oxygen atoms in total. The average Bonchev–Trinajstić information content (AvgIpc) is 3.20. The normalized spacial score (nSPS) is 14.7. The van der Waals surface area contributed by atoms with Crippen LogP contribution in [0.5, 0.6) is 5.75 Å². The van der Waals surface area contributed by atoms with E-state index >= 15 is 0 Å². The number of rotatable bonds is 6. The average molecular weight is 520 g/mol. The lowest BCUT2D eigenvalue weighted by Gasteiger charge is -2.37. The maximum Gasteiger partial charge on any atom is 0.319 e. The van der Waals surface area contributed by atoms with Crippen LogP contribution in [0.4, 0.5) is 14.5 Å². The first-order valence-corrected chi connectivity index (χ1v) is 9.34. The zero-order valence-corrected chi connectivity index (χ0v) is 18.9. The van der Waals surface area contributed by atoms with Gasteiger partial charge in [0.05, 0.1) is 7.11 Å². The van der Waals surface area contributed by atoms with E-state index in [0.29, 0.717) is 6.54 Å². The predicted molar refractivity (Wildman–Crippen MR) is 120 cm³/mol. The van der Waals surface area contributed by atoms with Crippen LogP contribution < -0.4 is 15.0 Å². The molecule has 0 bridgehead atoms. The fourth-order valence-corrected chi connectivity index (χ4v) is 3.18. The Balaban J connectivity index is 0.00000300. The fourth-order valence-electron chi connectivity index (χ4n) is 3.18. The summed E-state index contributed by atoms with van der Waals surface area (Å²) >= 11 is 0. The molecule has 1 aliphatic rings. The Morgan fingerprint density at radius 2 is 1.90 bits per heavy atom. The van der Waals surface area contributed by atoms with Gasteiger partial charge in [0.1, 0.15) is 18.1 Å². The van der Waals surface area contributed by atoms with Gasteiger partial charge in [-0.05, 0) is 31.2 Å². The number of benzene rings is 1. The maximum absolute atomic E-state index is 13.0. The third kappa shape index (κ3) is 5.94. The minimum Gasteiger partial charge on any atom is -0.497 e. The van der Waals surface area contributed by atoms with Crippen LogP contribution in [0.1, 0.15) is 19.3 Å². The van der Waals surface area contributed by atoms with Crippen molar-refractivity contribution in [2.45, 2.75) is 20.0 Å². The Kier molecular flexibility index (Phi) is 8.93. The molecular formula is C19H27F2IN6O. The summed E-state index contributed by atoms with van der Waals surface area (Å²) in [5.74, 6) is 1.81. The molecule has 0 radical (unpaired) electrons. The SMILES string of the molecule is CCNC(=NCc1nccn1C(F)F)N1CCN(c2ccc(OC)cc2)CC1.I. The summed E-state index contributed by atoms with van der Waals surface area (Å²) < 4.78 is 32.0. The van der Waals surface area contributed by atoms with E-state index in [4.69, 9.17) is 4.74 Å². The molecule has 1 saturated heterocycles. The summed E-state index contributed by atoms with van der Waals surface area (Å²) in [6.45, 7) is 3.48. The molecule has 10 heteroatoms. The topological polar surface area (TPSA) is 57.9 Å². The lowest BCUT2D eigenvalue weighted by Crippen LogP contribution is -2.52. The summed E-state index contributed by atoms with van der Waals surface area (Å²) in [7, 11) is 1.66. The van der Waals surface area contributed by atoms with Gasteiger partial charge in [-0.15, -0.1) is 24.0 Å². The number of hydrogen-bond donors (Lipinski definition) is 1. The van der Waals surface area contributed by atoms with Crippen LogP contribution >= 0.6 is 24.0 Å². The van der Waals surface area contributed by atoms with Crippen molar-refractivity contribution in [1.29, 1.82) is 0 Å². The Hall–Kier alpha value is -2.11. The third-order valence-electron chi connectivity index (χ3n) is 4.68. The predicted octanol–water partition coefficient (Wildman–Crippen LogP) is 3.19. The van der Waals surface area contributed by atoms with Crippen molar-refractivity contribution in [3.8, 4) is 5.75 Å². The van der Waals surface area contributed by atoms with Crippen molar-refractivity contribution in [1.82, 2.24) is 19.8 Å². The van der Waals surface area contributed by atoms with Crippen LogP contribution in [0, 0.1) is 0 Å². The monoisotopic (exact) mass is 520 g/mol. The highest BCUT2D eigenvalue weighted by molar-refractivity contribution is 14.0. The van der Waals surface area contributed by atoms with E-state index in [2.05, 4.69) is 37.2 Å². The Labute approximate surface area is 186 Å². The molecule has 1 N–H and O–H groups in total. The van der Waals surface area contributed by atoms with Crippen molar-refractivity contribution in [3.63, 3.8) is 0 Å². The third-order valence-corrected chi connectivity index (χ3v) is 4.68. The number of nitrogens with zero attached hydrogens (tertiary/aromatic N) is 5. The number of imidazole rings is 1. The summed E-state index contributed by atoms with van der Waals surface area (Å²) in [5.41, 5.74) is 1.15. The van der Waals surface area contributed by atoms with Gasteiger partial charge in [0, 0.05) is 50.8 Å². The van der Waals surface area contributed by atoms with Crippen molar-refractivity contribution in [2.24, 2.45) is 4.99 Å². The van der Waals surface area contributed by atoms with Gasteiger partial charge in [-0.3, -0.25) is 4.57 Å². The molecule has 2 heterocycles. The number of aromatic nitrogens is 2. The fraction of sp³-hybridized carbons (Fsp3) is 0.474. The molecule has 0 aliphatic carbocycles. The number of nitrogens with one attached hydrogen (secondary N) is 1. The summed E-state index contributed by atoms with van der Waals surface area (Å²) in [6.07, 6.45) is 2.65. The Morgan fingerprint density at radius 3 is 2.48 bits per heavy atom. The number of halogens is 3. The molecule has 1 aliphatic heterocycles. The maximum atomic E-state index is 13.0. The van der Waals surface area contributed by atoms with Crippen LogP contribution in [0.2, 0.25) is 0 Å². The molecule has 0 saturated carbocycles. The second-order valence-corrected chi connectivity index (χ2v) is 6.37. The van der Waals surface area contributed by atoms with Crippen LogP contribution in [-0.2, 0) is 6.54 Å². The van der Waals surface area contributed by atoms with E-state index in [9.17, 15) is 8.78 Å². The zero-order chi connectivity index (χ0) is 19.9. The van der Waals surface area contributed by atoms with Gasteiger partial charge < -0.3 is 19.9 Å². The van der Waals surface area contributed by atoms with E-state index in [1.165, 1.54) is 12.4 Å². The number of hydrogen-bond acceptors (Lipinski definition) is 4.